The van der Waals surface area contributed by atoms with Crippen LogP contribution >= 0.6 is 0 Å². The molecule has 3 N–H and O–H groups in total. The summed E-state index contributed by atoms with van der Waals surface area (Å²) in [5.74, 6) is 0.526. The molecule has 2 fully saturated rings. The largest absolute Gasteiger partial charge is 0.389 e. The number of nitrogens with zero attached hydrogens (tertiary/aromatic N) is 2. The van der Waals surface area contributed by atoms with Crippen LogP contribution in [0.5, 0.6) is 0 Å². The van der Waals surface area contributed by atoms with Crippen LogP contribution in [0.2, 0.25) is 0 Å². The molecule has 128 valence electrons. The van der Waals surface area contributed by atoms with E-state index >= 15 is 0 Å². The minimum absolute atomic E-state index is 0.444. The summed E-state index contributed by atoms with van der Waals surface area (Å²) in [6, 6.07) is 8.49. The Hall–Kier alpha value is -1.14. The lowest BCUT2D eigenvalue weighted by molar-refractivity contribution is -0.112. The van der Waals surface area contributed by atoms with Crippen LogP contribution in [0.15, 0.2) is 24.3 Å². The summed E-state index contributed by atoms with van der Waals surface area (Å²) in [5.41, 5.74) is 2.62. The van der Waals surface area contributed by atoms with Crippen LogP contribution in [0.1, 0.15) is 18.4 Å². The number of anilines is 1. The van der Waals surface area contributed by atoms with E-state index in [9.17, 15) is 15.3 Å². The highest BCUT2D eigenvalue weighted by Gasteiger charge is 2.34. The van der Waals surface area contributed by atoms with Gasteiger partial charge >= 0.3 is 0 Å². The average molecular weight is 320 g/mol. The summed E-state index contributed by atoms with van der Waals surface area (Å²) in [7, 11) is 0. The zero-order valence-corrected chi connectivity index (χ0v) is 13.8. The quantitative estimate of drug-likeness (QED) is 0.761. The molecule has 1 unspecified atom stereocenters. The van der Waals surface area contributed by atoms with E-state index in [0.29, 0.717) is 19.0 Å². The van der Waals surface area contributed by atoms with Crippen molar-refractivity contribution in [3.63, 3.8) is 0 Å². The monoisotopic (exact) mass is 320 g/mol. The van der Waals surface area contributed by atoms with Crippen LogP contribution in [0.4, 0.5) is 5.69 Å². The molecule has 0 aromatic heterocycles. The number of rotatable bonds is 3. The van der Waals surface area contributed by atoms with Crippen LogP contribution in [-0.4, -0.2) is 71.3 Å². The first-order chi connectivity index (χ1) is 11.0. The number of aliphatic hydroxyl groups excluding tert-OH is 3. The Labute approximate surface area is 138 Å². The van der Waals surface area contributed by atoms with Gasteiger partial charge in [-0.15, -0.1) is 0 Å². The van der Waals surface area contributed by atoms with E-state index < -0.39 is 18.3 Å². The first-order valence-electron chi connectivity index (χ1n) is 8.61. The molecule has 2 heterocycles. The average Bonchev–Trinajstić information content (AvgIpc) is 2.53. The van der Waals surface area contributed by atoms with Gasteiger partial charge in [-0.2, -0.15) is 0 Å². The Balaban J connectivity index is 1.60. The molecule has 0 bridgehead atoms. The Morgan fingerprint density at radius 3 is 2.43 bits per heavy atom. The standard InChI is InChI=1S/C18H28N2O3/c1-13-5-2-3-7-15(13)20-8-4-6-14(10-20)9-19-11-16(21)18(23)17(22)12-19/h2-3,5,7,14,16-18,21-23H,4,6,8-12H2,1H3/t14-,16-,17+,18?/m1/s1. The Bertz CT molecular complexity index is 513. The number of hydrogen-bond donors (Lipinski definition) is 3. The maximum absolute atomic E-state index is 9.85. The third kappa shape index (κ3) is 3.86. The first kappa shape index (κ1) is 16.7. The van der Waals surface area contributed by atoms with Crippen molar-refractivity contribution in [3.05, 3.63) is 29.8 Å². The molecule has 2 aliphatic rings. The predicted octanol–water partition coefficient (Wildman–Crippen LogP) is 0.610. The maximum atomic E-state index is 9.85. The fraction of sp³-hybridized carbons (Fsp3) is 0.667. The van der Waals surface area contributed by atoms with E-state index in [1.165, 1.54) is 24.1 Å². The molecule has 0 radical (unpaired) electrons. The summed E-state index contributed by atoms with van der Waals surface area (Å²) in [4.78, 5) is 4.54. The number of aryl methyl sites for hydroxylation is 1. The maximum Gasteiger partial charge on any atom is 0.108 e. The minimum atomic E-state index is -1.01. The van der Waals surface area contributed by atoms with Crippen molar-refractivity contribution in [2.45, 2.75) is 38.1 Å². The fourth-order valence-electron chi connectivity index (χ4n) is 3.94. The predicted molar refractivity (Wildman–Crippen MR) is 90.6 cm³/mol. The Kier molecular flexibility index (Phi) is 5.21. The van der Waals surface area contributed by atoms with Gasteiger partial charge in [0.2, 0.25) is 0 Å². The Morgan fingerprint density at radius 2 is 1.74 bits per heavy atom. The van der Waals surface area contributed by atoms with Gasteiger partial charge in [0.05, 0.1) is 12.2 Å². The highest BCUT2D eigenvalue weighted by atomic mass is 16.4. The van der Waals surface area contributed by atoms with Gasteiger partial charge in [-0.3, -0.25) is 4.90 Å². The van der Waals surface area contributed by atoms with Gasteiger partial charge in [0.15, 0.2) is 0 Å². The molecular formula is C18H28N2O3. The molecule has 0 amide bonds. The van der Waals surface area contributed by atoms with Crippen LogP contribution in [0, 0.1) is 12.8 Å². The molecular weight excluding hydrogens is 292 g/mol. The molecule has 0 spiro atoms. The van der Waals surface area contributed by atoms with Gasteiger partial charge in [-0.25, -0.2) is 0 Å². The molecule has 4 atom stereocenters. The molecule has 0 aliphatic carbocycles. The molecule has 3 rings (SSSR count). The van der Waals surface area contributed by atoms with Gasteiger partial charge in [0.1, 0.15) is 6.10 Å². The van der Waals surface area contributed by atoms with Gasteiger partial charge in [0.25, 0.3) is 0 Å². The second-order valence-corrected chi connectivity index (χ2v) is 7.08. The molecule has 5 heteroatoms. The van der Waals surface area contributed by atoms with Crippen molar-refractivity contribution in [1.82, 2.24) is 4.90 Å². The smallest absolute Gasteiger partial charge is 0.108 e. The van der Waals surface area contributed by atoms with E-state index in [4.69, 9.17) is 0 Å². The highest BCUT2D eigenvalue weighted by molar-refractivity contribution is 5.53. The van der Waals surface area contributed by atoms with E-state index in [2.05, 4.69) is 41.0 Å². The number of hydrogen-bond acceptors (Lipinski definition) is 5. The Morgan fingerprint density at radius 1 is 1.04 bits per heavy atom. The molecule has 2 saturated heterocycles. The van der Waals surface area contributed by atoms with Crippen molar-refractivity contribution in [3.8, 4) is 0 Å². The van der Waals surface area contributed by atoms with E-state index in [1.807, 2.05) is 0 Å². The van der Waals surface area contributed by atoms with Crippen molar-refractivity contribution in [2.24, 2.45) is 5.92 Å². The second-order valence-electron chi connectivity index (χ2n) is 7.08. The second kappa shape index (κ2) is 7.18. The van der Waals surface area contributed by atoms with E-state index in [1.54, 1.807) is 0 Å². The van der Waals surface area contributed by atoms with Gasteiger partial charge in [-0.1, -0.05) is 18.2 Å². The first-order valence-corrected chi connectivity index (χ1v) is 8.61. The van der Waals surface area contributed by atoms with Gasteiger partial charge in [0, 0.05) is 38.4 Å². The summed E-state index contributed by atoms with van der Waals surface area (Å²) < 4.78 is 0. The molecule has 5 nitrogen and oxygen atoms in total. The number of piperidine rings is 2. The van der Waals surface area contributed by atoms with Crippen LogP contribution in [0.3, 0.4) is 0 Å². The highest BCUT2D eigenvalue weighted by Crippen LogP contribution is 2.27. The van der Waals surface area contributed by atoms with Crippen LogP contribution in [-0.2, 0) is 0 Å². The SMILES string of the molecule is Cc1ccccc1N1CCC[C@H](CN2C[C@@H](O)C(O)[C@@H](O)C2)C1. The van der Waals surface area contributed by atoms with Crippen molar-refractivity contribution in [2.75, 3.05) is 37.6 Å². The van der Waals surface area contributed by atoms with E-state index in [0.717, 1.165) is 19.6 Å². The van der Waals surface area contributed by atoms with Crippen molar-refractivity contribution in [1.29, 1.82) is 0 Å². The summed E-state index contributed by atoms with van der Waals surface area (Å²) in [6.07, 6.45) is -0.375. The number of benzene rings is 1. The fourth-order valence-corrected chi connectivity index (χ4v) is 3.94. The summed E-state index contributed by atoms with van der Waals surface area (Å²) in [6.45, 7) is 6.00. The topological polar surface area (TPSA) is 67.2 Å². The van der Waals surface area contributed by atoms with Gasteiger partial charge in [-0.05, 0) is 37.3 Å². The molecule has 23 heavy (non-hydrogen) atoms. The molecule has 1 aromatic rings. The molecule has 2 aliphatic heterocycles. The summed E-state index contributed by atoms with van der Waals surface area (Å²) >= 11 is 0. The van der Waals surface area contributed by atoms with Crippen LogP contribution < -0.4 is 4.90 Å². The molecule has 0 saturated carbocycles. The lowest BCUT2D eigenvalue weighted by atomic mass is 9.94. The third-order valence-electron chi connectivity index (χ3n) is 5.17. The minimum Gasteiger partial charge on any atom is -0.389 e. The lowest BCUT2D eigenvalue weighted by Crippen LogP contribution is -2.56. The lowest BCUT2D eigenvalue weighted by Gasteiger charge is -2.41. The normalized spacial score (nSPS) is 33.0. The van der Waals surface area contributed by atoms with Crippen LogP contribution in [0.25, 0.3) is 0 Å². The van der Waals surface area contributed by atoms with E-state index in [-0.39, 0.29) is 0 Å². The summed E-state index contributed by atoms with van der Waals surface area (Å²) in [5, 5.41) is 29.4. The van der Waals surface area contributed by atoms with Gasteiger partial charge < -0.3 is 20.2 Å². The zero-order valence-electron chi connectivity index (χ0n) is 13.8. The number of β-amino-alcohol motifs (C(OH)–C–C–N with tert-alkyl or cyclic N) is 2. The van der Waals surface area contributed by atoms with Crippen molar-refractivity contribution >= 4 is 5.69 Å². The zero-order chi connectivity index (χ0) is 16.4. The number of para-hydroxylation sites is 1. The number of likely N-dealkylation sites (tertiary alicyclic amines) is 1. The van der Waals surface area contributed by atoms with Crippen molar-refractivity contribution < 1.29 is 15.3 Å². The number of aliphatic hydroxyl groups is 3. The molecule has 1 aromatic carbocycles. The third-order valence-corrected chi connectivity index (χ3v) is 5.17.